The second kappa shape index (κ2) is 9.23. The Morgan fingerprint density at radius 3 is 2.26 bits per heavy atom. The van der Waals surface area contributed by atoms with Crippen LogP contribution in [-0.4, -0.2) is 27.8 Å². The fourth-order valence-corrected chi connectivity index (χ4v) is 4.93. The van der Waals surface area contributed by atoms with Crippen LogP contribution in [0.2, 0.25) is 0 Å². The van der Waals surface area contributed by atoms with Crippen LogP contribution in [0.3, 0.4) is 0 Å². The number of esters is 1. The molecular formula is C26H24N2O5S. The van der Waals surface area contributed by atoms with E-state index in [1.807, 2.05) is 19.1 Å². The topological polar surface area (TPSA) is 96.8 Å². The zero-order valence-corrected chi connectivity index (χ0v) is 20.1. The second-order valence-electron chi connectivity index (χ2n) is 8.00. The van der Waals surface area contributed by atoms with E-state index in [-0.39, 0.29) is 5.57 Å². The van der Waals surface area contributed by atoms with Gasteiger partial charge in [-0.15, -0.1) is 11.3 Å². The summed E-state index contributed by atoms with van der Waals surface area (Å²) in [6.45, 7) is 6.87. The molecule has 174 valence electrons. The highest BCUT2D eigenvalue weighted by Gasteiger charge is 2.45. The standard InChI is InChI=1S/C26H24N2O5S/c1-5-17-6-10-19(11-7-17)28-22(18-8-12-20(13-9-18)33-16(4)29)21(24(31)26(28)32)23(30)25-14(2)27-15(3)34-25/h6-13,22,31H,5H2,1-4H3. The van der Waals surface area contributed by atoms with Crippen LogP contribution in [0.5, 0.6) is 5.75 Å². The molecule has 4 rings (SSSR count). The van der Waals surface area contributed by atoms with Gasteiger partial charge in [-0.3, -0.25) is 19.3 Å². The molecule has 1 atom stereocenters. The van der Waals surface area contributed by atoms with E-state index < -0.39 is 29.5 Å². The maximum absolute atomic E-state index is 13.6. The van der Waals surface area contributed by atoms with Crippen LogP contribution >= 0.6 is 11.3 Å². The predicted molar refractivity (Wildman–Crippen MR) is 129 cm³/mol. The summed E-state index contributed by atoms with van der Waals surface area (Å²) in [5, 5.41) is 11.6. The van der Waals surface area contributed by atoms with Crippen LogP contribution in [0, 0.1) is 13.8 Å². The molecule has 1 N–H and O–H groups in total. The minimum Gasteiger partial charge on any atom is -0.503 e. The SMILES string of the molecule is CCc1ccc(N2C(=O)C(O)=C(C(=O)c3sc(C)nc3C)C2c2ccc(OC(C)=O)cc2)cc1. The molecule has 3 aromatic rings. The van der Waals surface area contributed by atoms with Crippen molar-refractivity contribution in [2.24, 2.45) is 0 Å². The molecule has 0 radical (unpaired) electrons. The number of carbonyl (C=O) groups excluding carboxylic acids is 3. The lowest BCUT2D eigenvalue weighted by atomic mass is 9.94. The molecule has 2 aromatic carbocycles. The highest BCUT2D eigenvalue weighted by Crippen LogP contribution is 2.43. The molecule has 2 heterocycles. The first kappa shape index (κ1) is 23.4. The molecule has 1 aromatic heterocycles. The Kier molecular flexibility index (Phi) is 6.34. The van der Waals surface area contributed by atoms with Gasteiger partial charge in [-0.2, -0.15) is 0 Å². The fraction of sp³-hybridized carbons (Fsp3) is 0.231. The van der Waals surface area contributed by atoms with Gasteiger partial charge in [-0.05, 0) is 55.7 Å². The zero-order chi connectivity index (χ0) is 24.6. The van der Waals surface area contributed by atoms with Crippen molar-refractivity contribution in [1.29, 1.82) is 0 Å². The summed E-state index contributed by atoms with van der Waals surface area (Å²) in [5.41, 5.74) is 2.80. The molecule has 1 unspecified atom stereocenters. The monoisotopic (exact) mass is 476 g/mol. The van der Waals surface area contributed by atoms with Gasteiger partial charge in [0.05, 0.1) is 27.2 Å². The highest BCUT2D eigenvalue weighted by molar-refractivity contribution is 7.14. The number of aromatic nitrogens is 1. The number of amides is 1. The van der Waals surface area contributed by atoms with Crippen molar-refractivity contribution in [3.8, 4) is 5.75 Å². The smallest absolute Gasteiger partial charge is 0.308 e. The Morgan fingerprint density at radius 2 is 1.74 bits per heavy atom. The first-order valence-electron chi connectivity index (χ1n) is 10.8. The van der Waals surface area contributed by atoms with Crippen LogP contribution < -0.4 is 9.64 Å². The van der Waals surface area contributed by atoms with Gasteiger partial charge in [0.25, 0.3) is 5.91 Å². The summed E-state index contributed by atoms with van der Waals surface area (Å²) >= 11 is 1.23. The number of thiazole rings is 1. The molecule has 0 bridgehead atoms. The van der Waals surface area contributed by atoms with Crippen molar-refractivity contribution in [3.63, 3.8) is 0 Å². The van der Waals surface area contributed by atoms with Gasteiger partial charge < -0.3 is 9.84 Å². The number of carbonyl (C=O) groups is 3. The third-order valence-electron chi connectivity index (χ3n) is 5.64. The van der Waals surface area contributed by atoms with Crippen LogP contribution in [0.4, 0.5) is 5.69 Å². The van der Waals surface area contributed by atoms with Crippen LogP contribution in [0.15, 0.2) is 59.9 Å². The number of anilines is 1. The molecule has 0 saturated heterocycles. The van der Waals surface area contributed by atoms with Gasteiger partial charge in [-0.1, -0.05) is 31.2 Å². The number of aliphatic hydroxyl groups excluding tert-OH is 1. The number of aryl methyl sites for hydroxylation is 3. The quantitative estimate of drug-likeness (QED) is 0.304. The first-order chi connectivity index (χ1) is 16.2. The first-order valence-corrected chi connectivity index (χ1v) is 11.7. The van der Waals surface area contributed by atoms with Gasteiger partial charge >= 0.3 is 5.97 Å². The van der Waals surface area contributed by atoms with E-state index in [1.165, 1.54) is 23.2 Å². The summed E-state index contributed by atoms with van der Waals surface area (Å²) < 4.78 is 5.12. The Labute approximate surface area is 201 Å². The maximum atomic E-state index is 13.6. The normalized spacial score (nSPS) is 15.7. The minimum absolute atomic E-state index is 0.00319. The van der Waals surface area contributed by atoms with Gasteiger partial charge in [0.15, 0.2) is 5.76 Å². The summed E-state index contributed by atoms with van der Waals surface area (Å²) in [7, 11) is 0. The molecular weight excluding hydrogens is 452 g/mol. The number of rotatable bonds is 6. The highest BCUT2D eigenvalue weighted by atomic mass is 32.1. The number of Topliss-reactive ketones (excluding diaryl/α,β-unsaturated/α-hetero) is 1. The Morgan fingerprint density at radius 1 is 1.09 bits per heavy atom. The van der Waals surface area contributed by atoms with Crippen molar-refractivity contribution in [2.75, 3.05) is 4.90 Å². The van der Waals surface area contributed by atoms with Crippen LogP contribution in [0.25, 0.3) is 0 Å². The number of nitrogens with zero attached hydrogens (tertiary/aromatic N) is 2. The van der Waals surface area contributed by atoms with Gasteiger partial charge in [-0.25, -0.2) is 4.98 Å². The lowest BCUT2D eigenvalue weighted by Gasteiger charge is -2.27. The number of benzene rings is 2. The Bertz CT molecular complexity index is 1310. The van der Waals surface area contributed by atoms with Crippen molar-refractivity contribution in [1.82, 2.24) is 4.98 Å². The van der Waals surface area contributed by atoms with E-state index in [0.717, 1.165) is 17.0 Å². The summed E-state index contributed by atoms with van der Waals surface area (Å²) in [5.74, 6) is -1.78. The van der Waals surface area contributed by atoms with E-state index >= 15 is 0 Å². The van der Waals surface area contributed by atoms with Crippen molar-refractivity contribution < 1.29 is 24.2 Å². The molecule has 1 aliphatic rings. The predicted octanol–water partition coefficient (Wildman–Crippen LogP) is 5.03. The van der Waals surface area contributed by atoms with E-state index in [4.69, 9.17) is 4.74 Å². The number of aliphatic hydroxyl groups is 1. The van der Waals surface area contributed by atoms with Gasteiger partial charge in [0, 0.05) is 12.6 Å². The molecule has 8 heteroatoms. The lowest BCUT2D eigenvalue weighted by molar-refractivity contribution is -0.131. The molecule has 1 aliphatic heterocycles. The third kappa shape index (κ3) is 4.24. The maximum Gasteiger partial charge on any atom is 0.308 e. The molecule has 7 nitrogen and oxygen atoms in total. The van der Waals surface area contributed by atoms with Crippen molar-refractivity contribution >= 4 is 34.7 Å². The van der Waals surface area contributed by atoms with Crippen LogP contribution in [-0.2, 0) is 16.0 Å². The molecule has 0 aliphatic carbocycles. The molecule has 0 saturated carbocycles. The number of ketones is 1. The average Bonchev–Trinajstić information content (AvgIpc) is 3.29. The van der Waals surface area contributed by atoms with E-state index in [2.05, 4.69) is 4.98 Å². The number of hydrogen-bond donors (Lipinski definition) is 1. The van der Waals surface area contributed by atoms with Crippen molar-refractivity contribution in [3.05, 3.63) is 86.6 Å². The minimum atomic E-state index is -0.860. The Balaban J connectivity index is 1.84. The summed E-state index contributed by atoms with van der Waals surface area (Å²) in [6, 6.07) is 13.1. The molecule has 34 heavy (non-hydrogen) atoms. The van der Waals surface area contributed by atoms with Gasteiger partial charge in [0.1, 0.15) is 5.75 Å². The van der Waals surface area contributed by atoms with Crippen LogP contribution in [0.1, 0.15) is 51.4 Å². The largest absolute Gasteiger partial charge is 0.503 e. The average molecular weight is 477 g/mol. The third-order valence-corrected chi connectivity index (χ3v) is 6.71. The van der Waals surface area contributed by atoms with E-state index in [9.17, 15) is 19.5 Å². The lowest BCUT2D eigenvalue weighted by Crippen LogP contribution is -2.31. The van der Waals surface area contributed by atoms with E-state index in [0.29, 0.717) is 27.6 Å². The fourth-order valence-electron chi connectivity index (χ4n) is 4.06. The molecule has 0 spiro atoms. The molecule has 1 amide bonds. The Hall–Kier alpha value is -3.78. The second-order valence-corrected chi connectivity index (χ2v) is 9.20. The zero-order valence-electron chi connectivity index (χ0n) is 19.3. The van der Waals surface area contributed by atoms with Crippen molar-refractivity contribution in [2.45, 2.75) is 40.2 Å². The summed E-state index contributed by atoms with van der Waals surface area (Å²) in [6.07, 6.45) is 0.840. The number of ether oxygens (including phenoxy) is 1. The van der Waals surface area contributed by atoms with Gasteiger partial charge in [0.2, 0.25) is 5.78 Å². The summed E-state index contributed by atoms with van der Waals surface area (Å²) in [4.78, 5) is 44.3. The molecule has 0 fully saturated rings. The van der Waals surface area contributed by atoms with E-state index in [1.54, 1.807) is 50.2 Å². The number of hydrogen-bond acceptors (Lipinski definition) is 7.